The van der Waals surface area contributed by atoms with Crippen LogP contribution in [0.2, 0.25) is 0 Å². The lowest BCUT2D eigenvalue weighted by Gasteiger charge is -2.09. The number of aromatic nitrogens is 3. The normalized spacial score (nSPS) is 10.5. The molecule has 4 amide bonds. The minimum absolute atomic E-state index is 0.00847. The van der Waals surface area contributed by atoms with Gasteiger partial charge >= 0.3 is 0 Å². The van der Waals surface area contributed by atoms with Gasteiger partial charge in [0.05, 0.1) is 33.5 Å². The number of carbonyl (C=O) groups is 5. The average molecular weight is 570 g/mol. The summed E-state index contributed by atoms with van der Waals surface area (Å²) in [5.41, 5.74) is 6.05. The number of amides is 4. The maximum atomic E-state index is 13.4. The van der Waals surface area contributed by atoms with Crippen LogP contribution >= 0.6 is 11.6 Å². The first kappa shape index (κ1) is 29.4. The number of allylic oxidation sites excluding steroid dienone is 1. The van der Waals surface area contributed by atoms with E-state index < -0.39 is 23.5 Å². The molecule has 15 heteroatoms. The number of anilines is 3. The fourth-order valence-corrected chi connectivity index (χ4v) is 4.03. The highest BCUT2D eigenvalue weighted by molar-refractivity contribution is 6.46. The number of carbonyl (C=O) groups excluding carboxylic acids is 5. The molecule has 14 nitrogen and oxygen atoms in total. The van der Waals surface area contributed by atoms with Gasteiger partial charge in [0, 0.05) is 52.7 Å². The number of nitrogens with one attached hydrogen (secondary N) is 5. The van der Waals surface area contributed by atoms with E-state index in [1.165, 1.54) is 51.5 Å². The van der Waals surface area contributed by atoms with E-state index in [2.05, 4.69) is 27.8 Å². The zero-order valence-corrected chi connectivity index (χ0v) is 22.7. The molecule has 0 aliphatic carbocycles. The highest BCUT2D eigenvalue weighted by Crippen LogP contribution is 2.28. The van der Waals surface area contributed by atoms with E-state index in [9.17, 15) is 24.0 Å². The van der Waals surface area contributed by atoms with Gasteiger partial charge in [-0.15, -0.1) is 0 Å². The Morgan fingerprint density at radius 2 is 1.55 bits per heavy atom. The number of amidine groups is 1. The molecule has 0 aliphatic heterocycles. The van der Waals surface area contributed by atoms with Crippen molar-refractivity contribution in [1.82, 2.24) is 19.0 Å². The van der Waals surface area contributed by atoms with Crippen molar-refractivity contribution < 1.29 is 24.0 Å². The van der Waals surface area contributed by atoms with Crippen LogP contribution in [0.15, 0.2) is 42.3 Å². The van der Waals surface area contributed by atoms with E-state index in [1.54, 1.807) is 14.1 Å². The number of hydrogen-bond acceptors (Lipinski definition) is 6. The number of Topliss-reactive ketones (excluding diaryl/α,β-unsaturated/α-hetero) is 1. The van der Waals surface area contributed by atoms with E-state index in [1.807, 2.05) is 0 Å². The third-order valence-electron chi connectivity index (χ3n) is 5.76. The molecular formula is C25H28ClN9O5. The molecule has 3 heterocycles. The summed E-state index contributed by atoms with van der Waals surface area (Å²) in [5.74, 6) is -2.61. The summed E-state index contributed by atoms with van der Waals surface area (Å²) in [7, 11) is 4.71. The Bertz CT molecular complexity index is 1550. The molecular weight excluding hydrogens is 542 g/mol. The highest BCUT2D eigenvalue weighted by atomic mass is 35.5. The highest BCUT2D eigenvalue weighted by Gasteiger charge is 2.29. The first-order valence-corrected chi connectivity index (χ1v) is 12.1. The predicted molar refractivity (Wildman–Crippen MR) is 150 cm³/mol. The molecule has 0 saturated heterocycles. The minimum atomic E-state index is -0.781. The number of ketones is 1. The van der Waals surface area contributed by atoms with Crippen molar-refractivity contribution in [3.63, 3.8) is 0 Å². The molecule has 210 valence electrons. The van der Waals surface area contributed by atoms with Gasteiger partial charge in [-0.3, -0.25) is 29.4 Å². The monoisotopic (exact) mass is 569 g/mol. The lowest BCUT2D eigenvalue weighted by atomic mass is 10.1. The average Bonchev–Trinajstić information content (AvgIpc) is 3.52. The Morgan fingerprint density at radius 1 is 0.950 bits per heavy atom. The van der Waals surface area contributed by atoms with Crippen LogP contribution in [0.25, 0.3) is 0 Å². The second-order valence-electron chi connectivity index (χ2n) is 8.76. The van der Waals surface area contributed by atoms with E-state index in [0.29, 0.717) is 12.1 Å². The van der Waals surface area contributed by atoms with Gasteiger partial charge in [-0.05, 0) is 12.1 Å². The number of hydrogen-bond donors (Lipinski definition) is 6. The van der Waals surface area contributed by atoms with Crippen LogP contribution in [-0.2, 0) is 25.9 Å². The Hall–Kier alpha value is -5.11. The van der Waals surface area contributed by atoms with Gasteiger partial charge in [-0.2, -0.15) is 0 Å². The molecule has 0 atom stereocenters. The van der Waals surface area contributed by atoms with Crippen LogP contribution in [0.5, 0.6) is 0 Å². The number of halogens is 1. The quantitative estimate of drug-likeness (QED) is 0.0631. The summed E-state index contributed by atoms with van der Waals surface area (Å²) >= 11 is 5.91. The zero-order valence-electron chi connectivity index (χ0n) is 21.9. The predicted octanol–water partition coefficient (Wildman–Crippen LogP) is 1.77. The van der Waals surface area contributed by atoms with E-state index >= 15 is 0 Å². The summed E-state index contributed by atoms with van der Waals surface area (Å²) in [6.07, 6.45) is 5.07. The molecule has 0 unspecified atom stereocenters. The molecule has 0 saturated carbocycles. The Labute approximate surface area is 233 Å². The number of aryl methyl sites for hydroxylation is 3. The molecule has 3 aromatic rings. The van der Waals surface area contributed by atoms with E-state index in [0.717, 1.165) is 0 Å². The SMILES string of the molecule is C=C(Cl)C(=O)c1c(NC(=O)c2cc(NC=O)cn2C)cn(C)c1C(=O)Nc1cc(C(=O)NCCC(=N)N)n(C)c1. The van der Waals surface area contributed by atoms with Crippen LogP contribution in [0.4, 0.5) is 17.1 Å². The topological polar surface area (TPSA) is 198 Å². The van der Waals surface area contributed by atoms with Crippen molar-refractivity contribution in [2.24, 2.45) is 26.9 Å². The number of rotatable bonds is 12. The van der Waals surface area contributed by atoms with Crippen molar-refractivity contribution in [2.45, 2.75) is 6.42 Å². The van der Waals surface area contributed by atoms with Crippen LogP contribution in [0.3, 0.4) is 0 Å². The smallest absolute Gasteiger partial charge is 0.273 e. The molecule has 0 fully saturated rings. The molecule has 40 heavy (non-hydrogen) atoms. The maximum absolute atomic E-state index is 13.4. The van der Waals surface area contributed by atoms with Crippen molar-refractivity contribution in [3.8, 4) is 0 Å². The van der Waals surface area contributed by atoms with Gasteiger partial charge < -0.3 is 40.7 Å². The Kier molecular flexibility index (Phi) is 8.96. The molecule has 3 rings (SSSR count). The van der Waals surface area contributed by atoms with Crippen LogP contribution in [0, 0.1) is 5.41 Å². The van der Waals surface area contributed by atoms with E-state index in [4.69, 9.17) is 22.7 Å². The molecule has 0 aliphatic rings. The Morgan fingerprint density at radius 3 is 2.15 bits per heavy atom. The summed E-state index contributed by atoms with van der Waals surface area (Å²) in [6, 6.07) is 2.88. The zero-order chi connectivity index (χ0) is 29.7. The lowest BCUT2D eigenvalue weighted by Crippen LogP contribution is -2.28. The van der Waals surface area contributed by atoms with Crippen molar-refractivity contribution in [3.05, 3.63) is 65.0 Å². The fourth-order valence-electron chi connectivity index (χ4n) is 3.93. The van der Waals surface area contributed by atoms with E-state index in [-0.39, 0.29) is 57.9 Å². The van der Waals surface area contributed by atoms with Gasteiger partial charge in [0.15, 0.2) is 0 Å². The van der Waals surface area contributed by atoms with Gasteiger partial charge in [0.1, 0.15) is 17.1 Å². The van der Waals surface area contributed by atoms with Gasteiger partial charge in [-0.1, -0.05) is 18.2 Å². The summed E-state index contributed by atoms with van der Waals surface area (Å²) in [4.78, 5) is 62.6. The van der Waals surface area contributed by atoms with Crippen molar-refractivity contribution in [2.75, 3.05) is 22.5 Å². The second kappa shape index (κ2) is 12.2. The van der Waals surface area contributed by atoms with Crippen LogP contribution in [-0.4, -0.2) is 56.0 Å². The molecule has 0 bridgehead atoms. The van der Waals surface area contributed by atoms with Gasteiger partial charge in [-0.25, -0.2) is 0 Å². The van der Waals surface area contributed by atoms with Crippen molar-refractivity contribution in [1.29, 1.82) is 5.41 Å². The van der Waals surface area contributed by atoms with Crippen LogP contribution < -0.4 is 27.0 Å². The molecule has 7 N–H and O–H groups in total. The fraction of sp³-hybridized carbons (Fsp3) is 0.200. The lowest BCUT2D eigenvalue weighted by molar-refractivity contribution is -0.105. The second-order valence-corrected chi connectivity index (χ2v) is 9.22. The number of nitrogens with two attached hydrogens (primary N) is 1. The van der Waals surface area contributed by atoms with Crippen molar-refractivity contribution >= 4 is 64.4 Å². The third-order valence-corrected chi connectivity index (χ3v) is 5.93. The van der Waals surface area contributed by atoms with Crippen LogP contribution in [0.1, 0.15) is 48.2 Å². The first-order valence-electron chi connectivity index (χ1n) is 11.7. The molecule has 3 aromatic heterocycles. The maximum Gasteiger partial charge on any atom is 0.273 e. The summed E-state index contributed by atoms with van der Waals surface area (Å²) in [6.45, 7) is 3.63. The minimum Gasteiger partial charge on any atom is -0.388 e. The first-order chi connectivity index (χ1) is 18.8. The summed E-state index contributed by atoms with van der Waals surface area (Å²) in [5, 5.41) is 17.2. The van der Waals surface area contributed by atoms with Gasteiger partial charge in [0.2, 0.25) is 12.2 Å². The third kappa shape index (κ3) is 6.47. The Balaban J connectivity index is 1.90. The summed E-state index contributed by atoms with van der Waals surface area (Å²) < 4.78 is 4.32. The molecule has 0 spiro atoms. The molecule has 0 radical (unpaired) electrons. The van der Waals surface area contributed by atoms with Gasteiger partial charge in [0.25, 0.3) is 17.7 Å². The largest absolute Gasteiger partial charge is 0.388 e. The molecule has 0 aromatic carbocycles. The standard InChI is InChI=1S/C25H28ClN9O5/c1-13(26)22(37)20-16(32-24(39)18-7-14(30-12-36)9-33(18)2)11-35(4)21(20)25(40)31-15-8-17(34(3)10-15)23(38)29-6-5-19(27)28/h7-12H,1,5-6H2,2-4H3,(H3,27,28)(H,29,38)(H,30,36)(H,31,40)(H,32,39). The number of nitrogens with zero attached hydrogens (tertiary/aromatic N) is 3.